The first kappa shape index (κ1) is 17.7. The third-order valence-corrected chi connectivity index (χ3v) is 3.70. The third-order valence-electron chi connectivity index (χ3n) is 3.70. The minimum absolute atomic E-state index is 0.0671. The second-order valence-electron chi connectivity index (χ2n) is 5.49. The number of likely N-dealkylation sites (N-methyl/N-ethyl adjacent to an activating group) is 1. The number of rotatable bonds is 8. The summed E-state index contributed by atoms with van der Waals surface area (Å²) in [6.07, 6.45) is 0.0671. The van der Waals surface area contributed by atoms with Crippen molar-refractivity contribution in [3.63, 3.8) is 0 Å². The molecular weight excluding hydrogens is 306 g/mol. The van der Waals surface area contributed by atoms with Gasteiger partial charge < -0.3 is 14.7 Å². The summed E-state index contributed by atoms with van der Waals surface area (Å²) in [6.45, 7) is 1.39. The topological polar surface area (TPSA) is 66.8 Å². The number of carboxylic acid groups (broad SMARTS) is 1. The van der Waals surface area contributed by atoms with Crippen LogP contribution in [0.25, 0.3) is 0 Å². The molecule has 5 nitrogen and oxygen atoms in total. The van der Waals surface area contributed by atoms with Crippen molar-refractivity contribution < 1.29 is 19.4 Å². The maximum Gasteiger partial charge on any atom is 0.335 e. The van der Waals surface area contributed by atoms with Gasteiger partial charge >= 0.3 is 5.97 Å². The molecule has 0 atom stereocenters. The van der Waals surface area contributed by atoms with E-state index in [0.29, 0.717) is 25.3 Å². The molecular formula is C19H21NO4. The molecule has 0 aromatic heterocycles. The Bertz CT molecular complexity index is 685. The van der Waals surface area contributed by atoms with Crippen molar-refractivity contribution in [2.45, 2.75) is 13.0 Å². The molecule has 0 aliphatic carbocycles. The Morgan fingerprint density at radius 2 is 1.71 bits per heavy atom. The van der Waals surface area contributed by atoms with Gasteiger partial charge in [0.2, 0.25) is 5.91 Å². The molecule has 0 saturated heterocycles. The van der Waals surface area contributed by atoms with Crippen LogP contribution in [0.1, 0.15) is 21.5 Å². The number of hydrogen-bond acceptors (Lipinski definition) is 3. The fourth-order valence-corrected chi connectivity index (χ4v) is 2.27. The van der Waals surface area contributed by atoms with Crippen LogP contribution in [0.4, 0.5) is 0 Å². The fraction of sp³-hybridized carbons (Fsp3) is 0.263. The highest BCUT2D eigenvalue weighted by Gasteiger charge is 2.15. The Morgan fingerprint density at radius 1 is 1.04 bits per heavy atom. The van der Waals surface area contributed by atoms with Crippen LogP contribution in [-0.4, -0.2) is 42.1 Å². The van der Waals surface area contributed by atoms with Gasteiger partial charge in [-0.1, -0.05) is 48.5 Å². The monoisotopic (exact) mass is 327 g/mol. The predicted molar refractivity (Wildman–Crippen MR) is 90.8 cm³/mol. The molecule has 1 N–H and O–H groups in total. The molecule has 5 heteroatoms. The van der Waals surface area contributed by atoms with E-state index in [1.54, 1.807) is 30.1 Å². The molecule has 0 heterocycles. The Morgan fingerprint density at radius 3 is 2.42 bits per heavy atom. The normalized spacial score (nSPS) is 10.4. The van der Waals surface area contributed by atoms with Gasteiger partial charge in [-0.25, -0.2) is 4.79 Å². The Labute approximate surface area is 141 Å². The summed E-state index contributed by atoms with van der Waals surface area (Å²) in [7, 11) is 1.69. The van der Waals surface area contributed by atoms with E-state index in [2.05, 4.69) is 0 Å². The summed E-state index contributed by atoms with van der Waals surface area (Å²) in [4.78, 5) is 25.0. The van der Waals surface area contributed by atoms with Crippen LogP contribution in [0.15, 0.2) is 54.6 Å². The number of amides is 1. The molecule has 0 spiro atoms. The number of carbonyl (C=O) groups excluding carboxylic acids is 1. The van der Waals surface area contributed by atoms with Crippen LogP contribution in [0.3, 0.4) is 0 Å². The fourth-order valence-electron chi connectivity index (χ4n) is 2.27. The number of ether oxygens (including phenoxy) is 1. The zero-order valence-corrected chi connectivity index (χ0v) is 13.6. The van der Waals surface area contributed by atoms with E-state index in [9.17, 15) is 9.59 Å². The standard InChI is InChI=1S/C19H21NO4/c1-20(11-12-24-14-15-7-3-2-4-8-15)18(21)13-16-9-5-6-10-17(16)19(22)23/h2-10H,11-14H2,1H3,(H,22,23). The van der Waals surface area contributed by atoms with Gasteiger partial charge in [0, 0.05) is 13.6 Å². The van der Waals surface area contributed by atoms with Crippen molar-refractivity contribution in [3.8, 4) is 0 Å². The van der Waals surface area contributed by atoms with Crippen LogP contribution < -0.4 is 0 Å². The zero-order valence-electron chi connectivity index (χ0n) is 13.6. The Balaban J connectivity index is 1.79. The molecule has 2 aromatic carbocycles. The molecule has 0 unspecified atom stereocenters. The molecule has 0 aliphatic heterocycles. The Kier molecular flexibility index (Phi) is 6.51. The predicted octanol–water partition coefficient (Wildman–Crippen LogP) is 2.60. The van der Waals surface area contributed by atoms with E-state index >= 15 is 0 Å². The first-order valence-electron chi connectivity index (χ1n) is 7.74. The third kappa shape index (κ3) is 5.21. The van der Waals surface area contributed by atoms with Crippen LogP contribution >= 0.6 is 0 Å². The highest BCUT2D eigenvalue weighted by atomic mass is 16.5. The van der Waals surface area contributed by atoms with E-state index < -0.39 is 5.97 Å². The zero-order chi connectivity index (χ0) is 17.4. The Hall–Kier alpha value is -2.66. The largest absolute Gasteiger partial charge is 0.478 e. The maximum absolute atomic E-state index is 12.2. The molecule has 2 aromatic rings. The van der Waals surface area contributed by atoms with Crippen LogP contribution in [0.5, 0.6) is 0 Å². The minimum atomic E-state index is -1.02. The van der Waals surface area contributed by atoms with Gasteiger partial charge in [0.15, 0.2) is 0 Å². The molecule has 2 rings (SSSR count). The number of aromatic carboxylic acids is 1. The lowest BCUT2D eigenvalue weighted by Gasteiger charge is -2.18. The van der Waals surface area contributed by atoms with Crippen LogP contribution in [-0.2, 0) is 22.6 Å². The van der Waals surface area contributed by atoms with Gasteiger partial charge in [0.05, 0.1) is 25.2 Å². The molecule has 0 radical (unpaired) electrons. The lowest BCUT2D eigenvalue weighted by Crippen LogP contribution is -2.31. The average Bonchev–Trinajstić information content (AvgIpc) is 2.59. The lowest BCUT2D eigenvalue weighted by atomic mass is 10.0. The number of nitrogens with zero attached hydrogens (tertiary/aromatic N) is 1. The van der Waals surface area contributed by atoms with E-state index in [1.807, 2.05) is 30.3 Å². The molecule has 126 valence electrons. The quantitative estimate of drug-likeness (QED) is 0.757. The SMILES string of the molecule is CN(CCOCc1ccccc1)C(=O)Cc1ccccc1C(=O)O. The number of carbonyl (C=O) groups is 2. The lowest BCUT2D eigenvalue weighted by molar-refractivity contribution is -0.129. The molecule has 0 saturated carbocycles. The summed E-state index contributed by atoms with van der Waals surface area (Å²) in [5.74, 6) is -1.15. The van der Waals surface area contributed by atoms with Gasteiger partial charge in [-0.2, -0.15) is 0 Å². The first-order chi connectivity index (χ1) is 11.6. The molecule has 0 fully saturated rings. The van der Waals surface area contributed by atoms with Gasteiger partial charge in [0.1, 0.15) is 0 Å². The van der Waals surface area contributed by atoms with Crippen molar-refractivity contribution in [2.75, 3.05) is 20.2 Å². The number of carboxylic acids is 1. The molecule has 1 amide bonds. The summed E-state index contributed by atoms with van der Waals surface area (Å²) < 4.78 is 5.56. The summed E-state index contributed by atoms with van der Waals surface area (Å²) in [6, 6.07) is 16.4. The molecule has 0 bridgehead atoms. The number of benzene rings is 2. The van der Waals surface area contributed by atoms with Gasteiger partial charge in [-0.15, -0.1) is 0 Å². The van der Waals surface area contributed by atoms with Gasteiger partial charge in [-0.3, -0.25) is 4.79 Å². The highest BCUT2D eigenvalue weighted by molar-refractivity contribution is 5.91. The highest BCUT2D eigenvalue weighted by Crippen LogP contribution is 2.10. The van der Waals surface area contributed by atoms with Crippen molar-refractivity contribution >= 4 is 11.9 Å². The van der Waals surface area contributed by atoms with E-state index in [4.69, 9.17) is 9.84 Å². The number of hydrogen-bond donors (Lipinski definition) is 1. The first-order valence-corrected chi connectivity index (χ1v) is 7.74. The summed E-state index contributed by atoms with van der Waals surface area (Å²) in [5.41, 5.74) is 1.77. The minimum Gasteiger partial charge on any atom is -0.478 e. The van der Waals surface area contributed by atoms with Crippen molar-refractivity contribution in [2.24, 2.45) is 0 Å². The second-order valence-corrected chi connectivity index (χ2v) is 5.49. The summed E-state index contributed by atoms with van der Waals surface area (Å²) >= 11 is 0. The molecule has 24 heavy (non-hydrogen) atoms. The average molecular weight is 327 g/mol. The van der Waals surface area contributed by atoms with Crippen LogP contribution in [0.2, 0.25) is 0 Å². The van der Waals surface area contributed by atoms with Gasteiger partial charge in [0.25, 0.3) is 0 Å². The smallest absolute Gasteiger partial charge is 0.335 e. The van der Waals surface area contributed by atoms with Crippen molar-refractivity contribution in [1.82, 2.24) is 4.90 Å². The van der Waals surface area contributed by atoms with Crippen molar-refractivity contribution in [1.29, 1.82) is 0 Å². The second kappa shape index (κ2) is 8.84. The molecule has 0 aliphatic rings. The van der Waals surface area contributed by atoms with Crippen molar-refractivity contribution in [3.05, 3.63) is 71.3 Å². The van der Waals surface area contributed by atoms with E-state index in [1.165, 1.54) is 6.07 Å². The van der Waals surface area contributed by atoms with E-state index in [0.717, 1.165) is 5.56 Å². The van der Waals surface area contributed by atoms with E-state index in [-0.39, 0.29) is 17.9 Å². The van der Waals surface area contributed by atoms with Gasteiger partial charge in [-0.05, 0) is 17.2 Å². The maximum atomic E-state index is 12.2. The van der Waals surface area contributed by atoms with Crippen LogP contribution in [0, 0.1) is 0 Å². The summed E-state index contributed by atoms with van der Waals surface area (Å²) in [5, 5.41) is 9.15.